The molecule has 186 valence electrons. The monoisotopic (exact) mass is 478 g/mol. The molecule has 0 fully saturated rings. The van der Waals surface area contributed by atoms with E-state index in [2.05, 4.69) is 32.2 Å². The second-order valence-corrected chi connectivity index (χ2v) is 9.97. The van der Waals surface area contributed by atoms with Gasteiger partial charge in [-0.2, -0.15) is 5.10 Å². The Kier molecular flexibility index (Phi) is 8.10. The number of halogens is 1. The number of unbranched alkanes of at least 4 members (excludes halogenated alkanes) is 1. The summed E-state index contributed by atoms with van der Waals surface area (Å²) in [6.07, 6.45) is 1.55. The molecular weight excluding hydrogens is 443 g/mol. The first-order valence-electron chi connectivity index (χ1n) is 12.0. The molecule has 2 aromatic carbocycles. The summed E-state index contributed by atoms with van der Waals surface area (Å²) in [6.45, 7) is 12.4. The minimum absolute atomic E-state index is 0.0354. The van der Waals surface area contributed by atoms with Crippen molar-refractivity contribution in [2.75, 3.05) is 18.4 Å². The molecule has 0 saturated carbocycles. The van der Waals surface area contributed by atoms with Crippen molar-refractivity contribution >= 4 is 17.6 Å². The number of aromatic nitrogens is 2. The number of amides is 2. The predicted octanol–water partition coefficient (Wildman–Crippen LogP) is 5.81. The van der Waals surface area contributed by atoms with Gasteiger partial charge in [0, 0.05) is 18.0 Å². The molecule has 2 amide bonds. The van der Waals surface area contributed by atoms with E-state index in [1.807, 2.05) is 39.0 Å². The van der Waals surface area contributed by atoms with Crippen molar-refractivity contribution in [3.63, 3.8) is 0 Å². The summed E-state index contributed by atoms with van der Waals surface area (Å²) in [5, 5.41) is 7.74. The lowest BCUT2D eigenvalue weighted by Gasteiger charge is -2.22. The summed E-state index contributed by atoms with van der Waals surface area (Å²) < 4.78 is 16.0. The number of aryl methyl sites for hydroxylation is 2. The van der Waals surface area contributed by atoms with Gasteiger partial charge in [-0.3, -0.25) is 9.59 Å². The number of rotatable bonds is 8. The van der Waals surface area contributed by atoms with Gasteiger partial charge in [-0.05, 0) is 44.0 Å². The summed E-state index contributed by atoms with van der Waals surface area (Å²) in [5.74, 6) is -0.926. The predicted molar refractivity (Wildman–Crippen MR) is 138 cm³/mol. The molecule has 35 heavy (non-hydrogen) atoms. The van der Waals surface area contributed by atoms with Crippen LogP contribution in [0.4, 0.5) is 10.2 Å². The van der Waals surface area contributed by atoms with E-state index in [0.29, 0.717) is 18.8 Å². The van der Waals surface area contributed by atoms with Crippen LogP contribution in [0, 0.1) is 19.7 Å². The number of anilines is 1. The van der Waals surface area contributed by atoms with Crippen molar-refractivity contribution in [1.29, 1.82) is 0 Å². The van der Waals surface area contributed by atoms with Crippen LogP contribution in [0.3, 0.4) is 0 Å². The number of carbonyl (C=O) groups is 2. The molecule has 0 unspecified atom stereocenters. The molecule has 0 saturated heterocycles. The number of hydrogen-bond donors (Lipinski definition) is 1. The zero-order valence-electron chi connectivity index (χ0n) is 21.5. The number of benzene rings is 2. The Morgan fingerprint density at radius 3 is 2.43 bits per heavy atom. The Bertz CT molecular complexity index is 1210. The van der Waals surface area contributed by atoms with Gasteiger partial charge in [0.25, 0.3) is 5.91 Å². The molecule has 0 bridgehead atoms. The van der Waals surface area contributed by atoms with Gasteiger partial charge in [0.15, 0.2) is 0 Å². The first-order valence-corrected chi connectivity index (χ1v) is 12.0. The Morgan fingerprint density at radius 1 is 1.09 bits per heavy atom. The van der Waals surface area contributed by atoms with E-state index in [4.69, 9.17) is 5.10 Å². The maximum atomic E-state index is 14.3. The van der Waals surface area contributed by atoms with E-state index in [1.165, 1.54) is 23.1 Å². The minimum atomic E-state index is -0.595. The zero-order valence-corrected chi connectivity index (χ0v) is 21.5. The Balaban J connectivity index is 1.90. The fourth-order valence-electron chi connectivity index (χ4n) is 3.83. The van der Waals surface area contributed by atoms with E-state index in [-0.39, 0.29) is 23.4 Å². The molecule has 1 heterocycles. The van der Waals surface area contributed by atoms with Crippen LogP contribution in [0.15, 0.2) is 48.5 Å². The molecule has 0 aliphatic rings. The molecule has 0 aliphatic heterocycles. The summed E-state index contributed by atoms with van der Waals surface area (Å²) in [7, 11) is 0. The third kappa shape index (κ3) is 6.35. The van der Waals surface area contributed by atoms with E-state index < -0.39 is 11.7 Å². The quantitative estimate of drug-likeness (QED) is 0.444. The molecule has 7 heteroatoms. The smallest absolute Gasteiger partial charge is 0.257 e. The second-order valence-electron chi connectivity index (χ2n) is 9.97. The van der Waals surface area contributed by atoms with Crippen LogP contribution >= 0.6 is 0 Å². The molecule has 0 spiro atoms. The SMILES string of the molecule is CCCCN(CC(=O)Nc1cc(C(C)(C)C)nn1-c1ccc(C)cc1C)C(=O)c1ccccc1F. The van der Waals surface area contributed by atoms with Crippen LogP contribution in [-0.2, 0) is 10.2 Å². The van der Waals surface area contributed by atoms with Gasteiger partial charge in [-0.25, -0.2) is 9.07 Å². The van der Waals surface area contributed by atoms with E-state index in [1.54, 1.807) is 10.7 Å². The molecule has 0 radical (unpaired) electrons. The number of nitrogens with zero attached hydrogens (tertiary/aromatic N) is 3. The number of nitrogens with one attached hydrogen (secondary N) is 1. The van der Waals surface area contributed by atoms with Crippen LogP contribution in [-0.4, -0.2) is 39.6 Å². The highest BCUT2D eigenvalue weighted by molar-refractivity contribution is 5.99. The van der Waals surface area contributed by atoms with Crippen LogP contribution in [0.2, 0.25) is 0 Å². The van der Waals surface area contributed by atoms with E-state index >= 15 is 0 Å². The fourth-order valence-corrected chi connectivity index (χ4v) is 3.83. The van der Waals surface area contributed by atoms with Crippen molar-refractivity contribution in [2.45, 2.75) is 59.8 Å². The normalized spacial score (nSPS) is 11.4. The lowest BCUT2D eigenvalue weighted by molar-refractivity contribution is -0.117. The summed E-state index contributed by atoms with van der Waals surface area (Å²) in [5.41, 5.74) is 3.61. The molecule has 6 nitrogen and oxygen atoms in total. The van der Waals surface area contributed by atoms with Gasteiger partial charge in [-0.1, -0.05) is 63.9 Å². The molecule has 0 aliphatic carbocycles. The molecule has 0 atom stereocenters. The average molecular weight is 479 g/mol. The van der Waals surface area contributed by atoms with E-state index in [0.717, 1.165) is 28.9 Å². The number of carbonyl (C=O) groups excluding carboxylic acids is 2. The Morgan fingerprint density at radius 2 is 1.80 bits per heavy atom. The highest BCUT2D eigenvalue weighted by atomic mass is 19.1. The van der Waals surface area contributed by atoms with Crippen molar-refractivity contribution < 1.29 is 14.0 Å². The second kappa shape index (κ2) is 10.8. The van der Waals surface area contributed by atoms with Crippen molar-refractivity contribution in [3.8, 4) is 5.69 Å². The van der Waals surface area contributed by atoms with Gasteiger partial charge in [0.1, 0.15) is 18.2 Å². The highest BCUT2D eigenvalue weighted by Gasteiger charge is 2.24. The summed E-state index contributed by atoms with van der Waals surface area (Å²) in [6, 6.07) is 13.8. The van der Waals surface area contributed by atoms with Crippen LogP contribution < -0.4 is 5.32 Å². The van der Waals surface area contributed by atoms with Crippen LogP contribution in [0.5, 0.6) is 0 Å². The van der Waals surface area contributed by atoms with Gasteiger partial charge in [0.2, 0.25) is 5.91 Å². The largest absolute Gasteiger partial charge is 0.329 e. The molecule has 1 aromatic heterocycles. The molecular formula is C28H35FN4O2. The lowest BCUT2D eigenvalue weighted by atomic mass is 9.92. The van der Waals surface area contributed by atoms with Crippen LogP contribution in [0.1, 0.15) is 67.7 Å². The molecule has 1 N–H and O–H groups in total. The van der Waals surface area contributed by atoms with Gasteiger partial charge >= 0.3 is 0 Å². The zero-order chi connectivity index (χ0) is 25.8. The topological polar surface area (TPSA) is 67.2 Å². The van der Waals surface area contributed by atoms with Crippen LogP contribution in [0.25, 0.3) is 5.69 Å². The van der Waals surface area contributed by atoms with Gasteiger partial charge in [0.05, 0.1) is 16.9 Å². The van der Waals surface area contributed by atoms with Crippen molar-refractivity contribution in [3.05, 3.63) is 76.7 Å². The first-order chi connectivity index (χ1) is 16.5. The Labute approximate surface area is 207 Å². The summed E-state index contributed by atoms with van der Waals surface area (Å²) in [4.78, 5) is 27.6. The maximum absolute atomic E-state index is 14.3. The Hall–Kier alpha value is -3.48. The third-order valence-electron chi connectivity index (χ3n) is 5.83. The highest BCUT2D eigenvalue weighted by Crippen LogP contribution is 2.28. The van der Waals surface area contributed by atoms with Gasteiger partial charge in [-0.15, -0.1) is 0 Å². The maximum Gasteiger partial charge on any atom is 0.257 e. The molecule has 3 aromatic rings. The molecule has 3 rings (SSSR count). The number of hydrogen-bond acceptors (Lipinski definition) is 3. The van der Waals surface area contributed by atoms with Crippen molar-refractivity contribution in [1.82, 2.24) is 14.7 Å². The van der Waals surface area contributed by atoms with Gasteiger partial charge < -0.3 is 10.2 Å². The summed E-state index contributed by atoms with van der Waals surface area (Å²) >= 11 is 0. The standard InChI is InChI=1S/C28H35FN4O2/c1-7-8-15-32(27(35)21-11-9-10-12-22(21)29)18-26(34)30-25-17-24(28(4,5)6)31-33(25)23-14-13-19(2)16-20(23)3/h9-14,16-17H,7-8,15,18H2,1-6H3,(H,30,34). The average Bonchev–Trinajstić information content (AvgIpc) is 3.20. The lowest BCUT2D eigenvalue weighted by Crippen LogP contribution is -2.39. The van der Waals surface area contributed by atoms with Crippen molar-refractivity contribution in [2.24, 2.45) is 0 Å². The first kappa shape index (κ1) is 26.1. The van der Waals surface area contributed by atoms with E-state index in [9.17, 15) is 14.0 Å². The third-order valence-corrected chi connectivity index (χ3v) is 5.83. The fraction of sp³-hybridized carbons (Fsp3) is 0.393. The minimum Gasteiger partial charge on any atom is -0.329 e.